The fraction of sp³-hybridized carbons (Fsp3) is 0.600. The van der Waals surface area contributed by atoms with Crippen LogP contribution in [0, 0.1) is 17.8 Å². The van der Waals surface area contributed by atoms with E-state index in [1.54, 1.807) is 4.90 Å². The molecule has 230 valence electrons. The molecule has 0 unspecified atom stereocenters. The third-order valence-electron chi connectivity index (χ3n) is 7.68. The lowest BCUT2D eigenvalue weighted by Crippen LogP contribution is -2.56. The summed E-state index contributed by atoms with van der Waals surface area (Å²) >= 11 is 0. The first kappa shape index (κ1) is 32.9. The molecule has 2 fully saturated rings. The van der Waals surface area contributed by atoms with Crippen molar-refractivity contribution in [1.29, 1.82) is 0 Å². The van der Waals surface area contributed by atoms with Crippen molar-refractivity contribution >= 4 is 41.1 Å². The molecule has 2 saturated heterocycles. The average Bonchev–Trinajstić information content (AvgIpc) is 2.98. The van der Waals surface area contributed by atoms with Crippen molar-refractivity contribution in [1.82, 2.24) is 20.7 Å². The highest BCUT2D eigenvalue weighted by atomic mass is 16.4. The Morgan fingerprint density at radius 1 is 1.07 bits per heavy atom. The molecule has 0 aliphatic carbocycles. The zero-order chi connectivity index (χ0) is 30.8. The number of hydrazine groups is 1. The summed E-state index contributed by atoms with van der Waals surface area (Å²) in [5, 5.41) is 16.0. The minimum absolute atomic E-state index is 0.00141. The Kier molecular flexibility index (Phi) is 12.2. The second-order valence-electron chi connectivity index (χ2n) is 11.6. The Balaban J connectivity index is 1.72. The van der Waals surface area contributed by atoms with Gasteiger partial charge in [0.15, 0.2) is 0 Å². The Bertz CT molecular complexity index is 1160. The third kappa shape index (κ3) is 9.45. The third-order valence-corrected chi connectivity index (χ3v) is 7.68. The van der Waals surface area contributed by atoms with Gasteiger partial charge in [0.25, 0.3) is 11.8 Å². The highest BCUT2D eigenvalue weighted by Crippen LogP contribution is 2.23. The van der Waals surface area contributed by atoms with E-state index in [1.807, 2.05) is 13.8 Å². The van der Waals surface area contributed by atoms with Gasteiger partial charge in [0.2, 0.25) is 17.6 Å². The van der Waals surface area contributed by atoms with Crippen LogP contribution in [0.25, 0.3) is 0 Å². The lowest BCUT2D eigenvalue weighted by molar-refractivity contribution is -0.144. The first-order valence-corrected chi connectivity index (χ1v) is 14.8. The number of carbonyl (C=O) groups excluding carboxylic acids is 5. The Hall–Kier alpha value is -3.64. The minimum atomic E-state index is -1.26. The van der Waals surface area contributed by atoms with Crippen molar-refractivity contribution in [2.75, 3.05) is 31.5 Å². The normalized spacial score (nSPS) is 18.3. The molecule has 12 nitrogen and oxygen atoms in total. The molecule has 12 heteroatoms. The van der Waals surface area contributed by atoms with Gasteiger partial charge in [-0.15, -0.1) is 0 Å². The number of benzene rings is 1. The zero-order valence-corrected chi connectivity index (χ0v) is 24.7. The maximum absolute atomic E-state index is 13.7. The number of carboxylic acid groups (broad SMARTS) is 1. The van der Waals surface area contributed by atoms with Gasteiger partial charge >= 0.3 is 5.97 Å². The van der Waals surface area contributed by atoms with Gasteiger partial charge in [0.1, 0.15) is 6.04 Å². The number of ketones is 1. The molecule has 2 aliphatic rings. The SMILES string of the molecule is CC(C)CC(=O)C(=O)Nc1cccc(C(=O)N(N[C@@H](C)C(=O)O)C(=O)[C@@H]2CCCN(C(=O)CCC3CCNCC3)C2)c1. The molecule has 3 rings (SSSR count). The van der Waals surface area contributed by atoms with E-state index in [0.29, 0.717) is 36.7 Å². The molecule has 2 heterocycles. The highest BCUT2D eigenvalue weighted by Gasteiger charge is 2.36. The second-order valence-corrected chi connectivity index (χ2v) is 11.6. The van der Waals surface area contributed by atoms with Crippen LogP contribution in [0.4, 0.5) is 5.69 Å². The van der Waals surface area contributed by atoms with Crippen LogP contribution in [0.3, 0.4) is 0 Å². The molecule has 2 aliphatic heterocycles. The summed E-state index contributed by atoms with van der Waals surface area (Å²) < 4.78 is 0. The Labute approximate surface area is 246 Å². The molecule has 1 aromatic rings. The standard InChI is InChI=1S/C30H43N5O7/c1-19(2)16-25(36)27(38)32-24-8-4-6-22(17-24)28(39)35(33-20(3)30(41)42)29(40)23-7-5-15-34(18-23)26(37)10-9-21-11-13-31-14-12-21/h4,6,8,17,19-21,23,31,33H,5,7,9-16,18H2,1-3H3,(H,32,38)(H,41,42)/t20-,23+/m0/s1. The second kappa shape index (κ2) is 15.5. The molecule has 4 amide bonds. The number of anilines is 1. The summed E-state index contributed by atoms with van der Waals surface area (Å²) in [5.74, 6) is -4.34. The first-order valence-electron chi connectivity index (χ1n) is 14.8. The van der Waals surface area contributed by atoms with Crippen LogP contribution in [0.1, 0.15) is 76.1 Å². The smallest absolute Gasteiger partial charge is 0.322 e. The Morgan fingerprint density at radius 2 is 1.79 bits per heavy atom. The highest BCUT2D eigenvalue weighted by molar-refractivity contribution is 6.40. The number of piperidine rings is 2. The van der Waals surface area contributed by atoms with Gasteiger partial charge in [-0.1, -0.05) is 19.9 Å². The monoisotopic (exact) mass is 585 g/mol. The van der Waals surface area contributed by atoms with Crippen LogP contribution in [0.5, 0.6) is 0 Å². The van der Waals surface area contributed by atoms with Gasteiger partial charge in [-0.2, -0.15) is 0 Å². The zero-order valence-electron chi connectivity index (χ0n) is 24.7. The van der Waals surface area contributed by atoms with Gasteiger partial charge in [0.05, 0.1) is 5.92 Å². The van der Waals surface area contributed by atoms with E-state index in [1.165, 1.54) is 31.2 Å². The number of aliphatic carboxylic acids is 1. The van der Waals surface area contributed by atoms with E-state index in [9.17, 15) is 33.9 Å². The van der Waals surface area contributed by atoms with Gasteiger partial charge in [-0.25, -0.2) is 10.4 Å². The van der Waals surface area contributed by atoms with Gasteiger partial charge in [0, 0.05) is 37.2 Å². The van der Waals surface area contributed by atoms with E-state index in [2.05, 4.69) is 16.1 Å². The quantitative estimate of drug-likeness (QED) is 0.163. The number of nitrogens with one attached hydrogen (secondary N) is 3. The fourth-order valence-corrected chi connectivity index (χ4v) is 5.24. The summed E-state index contributed by atoms with van der Waals surface area (Å²) in [6, 6.07) is 4.49. The minimum Gasteiger partial charge on any atom is -0.480 e. The molecule has 0 spiro atoms. The number of likely N-dealkylation sites (tertiary alicyclic amines) is 1. The molecule has 0 aromatic heterocycles. The van der Waals surface area contributed by atoms with Crippen LogP contribution in [0.15, 0.2) is 24.3 Å². The van der Waals surface area contributed by atoms with Crippen LogP contribution in [-0.2, 0) is 24.0 Å². The van der Waals surface area contributed by atoms with E-state index in [0.717, 1.165) is 32.4 Å². The molecular weight excluding hydrogens is 542 g/mol. The Morgan fingerprint density at radius 3 is 2.45 bits per heavy atom. The number of amides is 4. The van der Waals surface area contributed by atoms with Crippen molar-refractivity contribution in [2.45, 2.75) is 71.8 Å². The number of nitrogens with zero attached hydrogens (tertiary/aromatic N) is 2. The van der Waals surface area contributed by atoms with Crippen LogP contribution in [0.2, 0.25) is 0 Å². The van der Waals surface area contributed by atoms with E-state index >= 15 is 0 Å². The van der Waals surface area contributed by atoms with Crippen molar-refractivity contribution in [3.05, 3.63) is 29.8 Å². The molecule has 1 aromatic carbocycles. The maximum atomic E-state index is 13.7. The summed E-state index contributed by atoms with van der Waals surface area (Å²) in [7, 11) is 0. The molecule has 4 N–H and O–H groups in total. The molecular formula is C30H43N5O7. The summed E-state index contributed by atoms with van der Waals surface area (Å²) in [6.07, 6.45) is 4.38. The van der Waals surface area contributed by atoms with Gasteiger partial charge in [-0.3, -0.25) is 28.8 Å². The topological polar surface area (TPSA) is 165 Å². The van der Waals surface area contributed by atoms with Crippen molar-refractivity contribution in [3.63, 3.8) is 0 Å². The number of hydrogen-bond donors (Lipinski definition) is 4. The van der Waals surface area contributed by atoms with Crippen LogP contribution in [-0.4, -0.2) is 82.6 Å². The summed E-state index contributed by atoms with van der Waals surface area (Å²) in [4.78, 5) is 77.9. The lowest BCUT2D eigenvalue weighted by Gasteiger charge is -2.35. The first-order chi connectivity index (χ1) is 20.0. The molecule has 0 saturated carbocycles. The molecule has 42 heavy (non-hydrogen) atoms. The molecule has 0 bridgehead atoms. The van der Waals surface area contributed by atoms with Gasteiger partial charge < -0.3 is 20.6 Å². The van der Waals surface area contributed by atoms with Gasteiger partial charge in [-0.05, 0) is 82.2 Å². The fourth-order valence-electron chi connectivity index (χ4n) is 5.24. The average molecular weight is 586 g/mol. The van der Waals surface area contributed by atoms with Crippen molar-refractivity contribution < 1.29 is 33.9 Å². The maximum Gasteiger partial charge on any atom is 0.322 e. The number of carboxylic acids is 1. The van der Waals surface area contributed by atoms with E-state index in [-0.39, 0.29) is 36.0 Å². The lowest BCUT2D eigenvalue weighted by atomic mass is 9.92. The van der Waals surface area contributed by atoms with Crippen LogP contribution >= 0.6 is 0 Å². The number of rotatable bonds is 12. The largest absolute Gasteiger partial charge is 0.480 e. The predicted octanol–water partition coefficient (Wildman–Crippen LogP) is 2.21. The summed E-state index contributed by atoms with van der Waals surface area (Å²) in [6.45, 7) is 7.52. The van der Waals surface area contributed by atoms with Crippen molar-refractivity contribution in [3.8, 4) is 0 Å². The number of hydrogen-bond acceptors (Lipinski definition) is 8. The summed E-state index contributed by atoms with van der Waals surface area (Å²) in [5.41, 5.74) is 2.70. The number of imide groups is 1. The predicted molar refractivity (Wildman–Crippen MR) is 155 cm³/mol. The molecule has 0 radical (unpaired) electrons. The molecule has 2 atom stereocenters. The van der Waals surface area contributed by atoms with E-state index < -0.39 is 41.4 Å². The number of Topliss-reactive ketones (excluding diaryl/α,β-unsaturated/α-hetero) is 1. The van der Waals surface area contributed by atoms with Crippen LogP contribution < -0.4 is 16.1 Å². The van der Waals surface area contributed by atoms with Crippen molar-refractivity contribution in [2.24, 2.45) is 17.8 Å². The number of carbonyl (C=O) groups is 6. The van der Waals surface area contributed by atoms with E-state index in [4.69, 9.17) is 0 Å².